The summed E-state index contributed by atoms with van der Waals surface area (Å²) in [5.74, 6) is -1.29. The van der Waals surface area contributed by atoms with Crippen molar-refractivity contribution < 1.29 is 14.7 Å². The smallest absolute Gasteiger partial charge is 0.290 e. The summed E-state index contributed by atoms with van der Waals surface area (Å²) in [6, 6.07) is 20.1. The normalized spacial score (nSPS) is 16.7. The van der Waals surface area contributed by atoms with Crippen LogP contribution in [0, 0.1) is 3.57 Å². The minimum absolute atomic E-state index is 0.143. The number of amides is 1. The van der Waals surface area contributed by atoms with Gasteiger partial charge < -0.3 is 10.0 Å². The molecule has 28 heavy (non-hydrogen) atoms. The second-order valence-corrected chi connectivity index (χ2v) is 8.63. The van der Waals surface area contributed by atoms with E-state index < -0.39 is 17.7 Å². The Kier molecular flexibility index (Phi) is 5.32. The van der Waals surface area contributed by atoms with Gasteiger partial charge in [-0.3, -0.25) is 9.59 Å². The van der Waals surface area contributed by atoms with Gasteiger partial charge >= 0.3 is 0 Å². The lowest BCUT2D eigenvalue weighted by Gasteiger charge is -2.27. The van der Waals surface area contributed by atoms with Crippen LogP contribution in [0.1, 0.15) is 26.8 Å². The average Bonchev–Trinajstić information content (AvgIpc) is 3.33. The zero-order valence-corrected chi connectivity index (χ0v) is 17.7. The minimum Gasteiger partial charge on any atom is -0.503 e. The Morgan fingerprint density at radius 3 is 2.39 bits per heavy atom. The maximum absolute atomic E-state index is 13.1. The number of aliphatic hydroxyl groups excluding tert-OH is 1. The molecule has 0 aliphatic carbocycles. The highest BCUT2D eigenvalue weighted by Gasteiger charge is 2.43. The van der Waals surface area contributed by atoms with Gasteiger partial charge in [0, 0.05) is 10.1 Å². The number of benzene rings is 2. The van der Waals surface area contributed by atoms with Gasteiger partial charge in [-0.2, -0.15) is 0 Å². The molecule has 1 aliphatic rings. The van der Waals surface area contributed by atoms with Gasteiger partial charge in [0.05, 0.1) is 16.5 Å². The van der Waals surface area contributed by atoms with Crippen LogP contribution in [-0.4, -0.2) is 21.7 Å². The molecule has 4 nitrogen and oxygen atoms in total. The maximum atomic E-state index is 13.1. The second kappa shape index (κ2) is 7.89. The van der Waals surface area contributed by atoms with Crippen molar-refractivity contribution in [1.82, 2.24) is 4.90 Å². The van der Waals surface area contributed by atoms with Gasteiger partial charge in [0.2, 0.25) is 5.78 Å². The van der Waals surface area contributed by atoms with Gasteiger partial charge in [-0.25, -0.2) is 0 Å². The Balaban J connectivity index is 1.79. The lowest BCUT2D eigenvalue weighted by molar-refractivity contribution is -0.130. The Morgan fingerprint density at radius 2 is 1.75 bits per heavy atom. The van der Waals surface area contributed by atoms with Gasteiger partial charge in [-0.15, -0.1) is 11.3 Å². The van der Waals surface area contributed by atoms with Crippen LogP contribution in [-0.2, 0) is 11.3 Å². The van der Waals surface area contributed by atoms with E-state index in [1.54, 1.807) is 17.0 Å². The van der Waals surface area contributed by atoms with Gasteiger partial charge in [-0.1, -0.05) is 48.5 Å². The maximum Gasteiger partial charge on any atom is 0.290 e. The highest BCUT2D eigenvalue weighted by Crippen LogP contribution is 2.40. The summed E-state index contributed by atoms with van der Waals surface area (Å²) in [5, 5.41) is 12.4. The van der Waals surface area contributed by atoms with Crippen molar-refractivity contribution in [2.24, 2.45) is 0 Å². The lowest BCUT2D eigenvalue weighted by Crippen LogP contribution is -2.30. The molecule has 0 saturated carbocycles. The molecule has 0 fully saturated rings. The van der Waals surface area contributed by atoms with Gasteiger partial charge in [-0.05, 0) is 57.3 Å². The molecule has 4 rings (SSSR count). The number of rotatable bonds is 5. The van der Waals surface area contributed by atoms with Crippen LogP contribution in [0.25, 0.3) is 0 Å². The Labute approximate surface area is 180 Å². The molecular weight excluding hydrogens is 485 g/mol. The molecule has 0 saturated heterocycles. The Bertz CT molecular complexity index is 1040. The third-order valence-corrected chi connectivity index (χ3v) is 6.26. The summed E-state index contributed by atoms with van der Waals surface area (Å²) in [7, 11) is 0. The molecule has 140 valence electrons. The van der Waals surface area contributed by atoms with Crippen molar-refractivity contribution in [2.45, 2.75) is 12.6 Å². The standard InChI is InChI=1S/C22H16INO3S/c23-16-10-8-15(9-11-16)19-18(20(25)17-7-4-12-28-17)21(26)22(27)24(19)13-14-5-2-1-3-6-14/h1-12,19,26H,13H2. The summed E-state index contributed by atoms with van der Waals surface area (Å²) >= 11 is 3.51. The summed E-state index contributed by atoms with van der Waals surface area (Å²) in [6.45, 7) is 0.307. The first-order chi connectivity index (χ1) is 13.6. The van der Waals surface area contributed by atoms with E-state index in [4.69, 9.17) is 0 Å². The number of thiophene rings is 1. The van der Waals surface area contributed by atoms with Crippen LogP contribution >= 0.6 is 33.9 Å². The molecule has 1 N–H and O–H groups in total. The van der Waals surface area contributed by atoms with Crippen LogP contribution in [0.2, 0.25) is 0 Å². The fourth-order valence-corrected chi connectivity index (χ4v) is 4.40. The first-order valence-corrected chi connectivity index (χ1v) is 10.6. The predicted molar refractivity (Wildman–Crippen MR) is 117 cm³/mol. The molecule has 1 aliphatic heterocycles. The topological polar surface area (TPSA) is 57.6 Å². The summed E-state index contributed by atoms with van der Waals surface area (Å²) < 4.78 is 1.06. The third kappa shape index (κ3) is 3.49. The fraction of sp³-hybridized carbons (Fsp3) is 0.0909. The van der Waals surface area contributed by atoms with Gasteiger partial charge in [0.15, 0.2) is 5.76 Å². The van der Waals surface area contributed by atoms with Crippen molar-refractivity contribution in [2.75, 3.05) is 0 Å². The molecule has 6 heteroatoms. The van der Waals surface area contributed by atoms with Crippen molar-refractivity contribution >= 4 is 45.6 Å². The summed E-state index contributed by atoms with van der Waals surface area (Å²) in [6.07, 6.45) is 0. The SMILES string of the molecule is O=C(C1=C(O)C(=O)N(Cc2ccccc2)C1c1ccc(I)cc1)c1cccs1. The van der Waals surface area contributed by atoms with E-state index in [0.29, 0.717) is 11.4 Å². The lowest BCUT2D eigenvalue weighted by atomic mass is 9.95. The van der Waals surface area contributed by atoms with E-state index in [-0.39, 0.29) is 11.4 Å². The molecular formula is C22H16INO3S. The predicted octanol–water partition coefficient (Wildman–Crippen LogP) is 5.13. The number of Topliss-reactive ketones (excluding diaryl/α,β-unsaturated/α-hetero) is 1. The molecule has 0 bridgehead atoms. The first-order valence-electron chi connectivity index (χ1n) is 8.68. The Hall–Kier alpha value is -2.45. The highest BCUT2D eigenvalue weighted by molar-refractivity contribution is 14.1. The zero-order valence-electron chi connectivity index (χ0n) is 14.7. The van der Waals surface area contributed by atoms with Crippen LogP contribution < -0.4 is 0 Å². The van der Waals surface area contributed by atoms with E-state index in [9.17, 15) is 14.7 Å². The number of ketones is 1. The summed E-state index contributed by atoms with van der Waals surface area (Å²) in [4.78, 5) is 28.1. The number of aliphatic hydroxyl groups is 1. The number of hydrogen-bond acceptors (Lipinski definition) is 4. The van der Waals surface area contributed by atoms with Crippen molar-refractivity contribution in [3.8, 4) is 0 Å². The van der Waals surface area contributed by atoms with Crippen molar-refractivity contribution in [3.05, 3.63) is 103 Å². The molecule has 0 radical (unpaired) electrons. The van der Waals surface area contributed by atoms with Gasteiger partial charge in [0.25, 0.3) is 5.91 Å². The Morgan fingerprint density at radius 1 is 1.04 bits per heavy atom. The number of hydrogen-bond donors (Lipinski definition) is 1. The van der Waals surface area contributed by atoms with Crippen molar-refractivity contribution in [3.63, 3.8) is 0 Å². The van der Waals surface area contributed by atoms with Gasteiger partial charge in [0.1, 0.15) is 0 Å². The zero-order chi connectivity index (χ0) is 19.7. The van der Waals surface area contributed by atoms with E-state index in [1.165, 1.54) is 11.3 Å². The minimum atomic E-state index is -0.626. The number of carbonyl (C=O) groups is 2. The van der Waals surface area contributed by atoms with Crippen LogP contribution in [0.4, 0.5) is 0 Å². The van der Waals surface area contributed by atoms with E-state index >= 15 is 0 Å². The molecule has 1 unspecified atom stereocenters. The third-order valence-electron chi connectivity index (χ3n) is 4.67. The molecule has 2 aromatic carbocycles. The first kappa shape index (κ1) is 18.9. The highest BCUT2D eigenvalue weighted by atomic mass is 127. The molecule has 2 heterocycles. The molecule has 0 spiro atoms. The molecule has 1 atom stereocenters. The number of carbonyl (C=O) groups excluding carboxylic acids is 2. The molecule has 3 aromatic rings. The van der Waals surface area contributed by atoms with Crippen molar-refractivity contribution in [1.29, 1.82) is 0 Å². The molecule has 1 amide bonds. The number of halogens is 1. The molecule has 1 aromatic heterocycles. The average molecular weight is 501 g/mol. The van der Waals surface area contributed by atoms with E-state index in [0.717, 1.165) is 14.7 Å². The van der Waals surface area contributed by atoms with E-state index in [2.05, 4.69) is 22.6 Å². The quantitative estimate of drug-likeness (QED) is 0.390. The van der Waals surface area contributed by atoms with E-state index in [1.807, 2.05) is 60.0 Å². The van der Waals surface area contributed by atoms with Crippen LogP contribution in [0.5, 0.6) is 0 Å². The second-order valence-electron chi connectivity index (χ2n) is 6.44. The fourth-order valence-electron chi connectivity index (χ4n) is 3.36. The monoisotopic (exact) mass is 501 g/mol. The van der Waals surface area contributed by atoms with Crippen LogP contribution in [0.3, 0.4) is 0 Å². The largest absolute Gasteiger partial charge is 0.503 e. The van der Waals surface area contributed by atoms with Crippen LogP contribution in [0.15, 0.2) is 83.4 Å². The summed E-state index contributed by atoms with van der Waals surface area (Å²) in [5.41, 5.74) is 1.88. The number of nitrogens with zero attached hydrogens (tertiary/aromatic N) is 1.